The highest BCUT2D eigenvalue weighted by molar-refractivity contribution is 7.16. The quantitative estimate of drug-likeness (QED) is 0.568. The number of benzene rings is 1. The summed E-state index contributed by atoms with van der Waals surface area (Å²) in [4.78, 5) is 16.3. The second-order valence-corrected chi connectivity index (χ2v) is 7.45. The lowest BCUT2D eigenvalue weighted by Crippen LogP contribution is -2.19. The molecule has 5 nitrogen and oxygen atoms in total. The number of nitrogens with one attached hydrogen (secondary N) is 1. The molecule has 0 saturated carbocycles. The zero-order valence-corrected chi connectivity index (χ0v) is 16.3. The summed E-state index contributed by atoms with van der Waals surface area (Å²) in [5.41, 5.74) is -3.56. The van der Waals surface area contributed by atoms with E-state index in [9.17, 15) is 31.1 Å². The van der Waals surface area contributed by atoms with E-state index in [1.807, 2.05) is 0 Å². The number of aromatic nitrogens is 3. The standard InChI is InChI=1S/C18H14F6N4OS/c1-9-16(26-15(29)12-6-7-28(2)27-12)30-13(25-9)8-10-4-3-5-11(17(19,20)21)14(10)18(22,23)24/h3-7H,8H2,1-2H3,(H,26,29). The largest absolute Gasteiger partial charge is 0.417 e. The van der Waals surface area contributed by atoms with Crippen molar-refractivity contribution in [2.75, 3.05) is 5.32 Å². The van der Waals surface area contributed by atoms with Crippen LogP contribution in [0.15, 0.2) is 30.5 Å². The van der Waals surface area contributed by atoms with Gasteiger partial charge in [-0.2, -0.15) is 31.4 Å². The predicted molar refractivity (Wildman–Crippen MR) is 97.3 cm³/mol. The molecule has 1 aromatic carbocycles. The molecular weight excluding hydrogens is 434 g/mol. The third-order valence-electron chi connectivity index (χ3n) is 4.10. The maximum absolute atomic E-state index is 13.4. The number of anilines is 1. The van der Waals surface area contributed by atoms with Crippen molar-refractivity contribution in [1.29, 1.82) is 0 Å². The lowest BCUT2D eigenvalue weighted by molar-refractivity contribution is -0.162. The summed E-state index contributed by atoms with van der Waals surface area (Å²) >= 11 is 0.891. The van der Waals surface area contributed by atoms with Crippen molar-refractivity contribution in [3.05, 3.63) is 63.5 Å². The highest BCUT2D eigenvalue weighted by atomic mass is 32.1. The molecule has 0 aliphatic heterocycles. The fourth-order valence-corrected chi connectivity index (χ4v) is 3.81. The molecule has 0 saturated heterocycles. The zero-order chi connectivity index (χ0) is 22.3. The maximum Gasteiger partial charge on any atom is 0.417 e. The topological polar surface area (TPSA) is 59.8 Å². The molecule has 0 spiro atoms. The van der Waals surface area contributed by atoms with Crippen molar-refractivity contribution in [1.82, 2.24) is 14.8 Å². The van der Waals surface area contributed by atoms with Gasteiger partial charge in [-0.15, -0.1) is 11.3 Å². The summed E-state index contributed by atoms with van der Waals surface area (Å²) in [6, 6.07) is 3.79. The first-order valence-electron chi connectivity index (χ1n) is 8.40. The second-order valence-electron chi connectivity index (χ2n) is 6.36. The predicted octanol–water partition coefficient (Wildman–Crippen LogP) is 5.07. The monoisotopic (exact) mass is 448 g/mol. The van der Waals surface area contributed by atoms with Crippen LogP contribution in [-0.4, -0.2) is 20.7 Å². The normalized spacial score (nSPS) is 12.3. The first-order chi connectivity index (χ1) is 13.9. The van der Waals surface area contributed by atoms with E-state index in [1.165, 1.54) is 17.7 Å². The van der Waals surface area contributed by atoms with E-state index in [-0.39, 0.29) is 15.7 Å². The zero-order valence-electron chi connectivity index (χ0n) is 15.5. The third kappa shape index (κ3) is 4.64. The highest BCUT2D eigenvalue weighted by Gasteiger charge is 2.44. The lowest BCUT2D eigenvalue weighted by atomic mass is 9.98. The molecular formula is C18H14F6N4OS. The van der Waals surface area contributed by atoms with E-state index < -0.39 is 41.4 Å². The number of carbonyl (C=O) groups is 1. The molecule has 0 fully saturated rings. The Balaban J connectivity index is 1.91. The Morgan fingerprint density at radius 2 is 1.83 bits per heavy atom. The Morgan fingerprint density at radius 3 is 2.40 bits per heavy atom. The highest BCUT2D eigenvalue weighted by Crippen LogP contribution is 2.42. The molecule has 0 unspecified atom stereocenters. The van der Waals surface area contributed by atoms with Gasteiger partial charge in [-0.3, -0.25) is 9.48 Å². The van der Waals surface area contributed by atoms with Crippen molar-refractivity contribution in [3.63, 3.8) is 0 Å². The maximum atomic E-state index is 13.4. The molecule has 2 heterocycles. The average Bonchev–Trinajstić information content (AvgIpc) is 3.19. The first-order valence-corrected chi connectivity index (χ1v) is 9.21. The summed E-state index contributed by atoms with van der Waals surface area (Å²) in [6.07, 6.45) is -9.25. The lowest BCUT2D eigenvalue weighted by Gasteiger charge is -2.18. The SMILES string of the molecule is Cc1nc(Cc2cccc(C(F)(F)F)c2C(F)(F)F)sc1NC(=O)c1ccn(C)n1. The Kier molecular flexibility index (Phi) is 5.63. The first kappa shape index (κ1) is 21.8. The van der Waals surface area contributed by atoms with E-state index in [0.717, 1.165) is 23.5 Å². The molecule has 3 rings (SSSR count). The number of thiazole rings is 1. The van der Waals surface area contributed by atoms with Crippen LogP contribution in [-0.2, 0) is 25.8 Å². The second kappa shape index (κ2) is 7.74. The van der Waals surface area contributed by atoms with Gasteiger partial charge in [-0.1, -0.05) is 12.1 Å². The van der Waals surface area contributed by atoms with Crippen molar-refractivity contribution >= 4 is 22.2 Å². The van der Waals surface area contributed by atoms with Crippen LogP contribution in [0.25, 0.3) is 0 Å². The minimum absolute atomic E-state index is 0.129. The molecule has 1 amide bonds. The summed E-state index contributed by atoms with van der Waals surface area (Å²) in [7, 11) is 1.63. The molecule has 1 N–H and O–H groups in total. The number of hydrogen-bond acceptors (Lipinski definition) is 4. The molecule has 0 radical (unpaired) electrons. The van der Waals surface area contributed by atoms with Gasteiger partial charge in [0, 0.05) is 19.7 Å². The number of rotatable bonds is 4. The Morgan fingerprint density at radius 1 is 1.13 bits per heavy atom. The Hall–Kier alpha value is -2.89. The van der Waals surface area contributed by atoms with Crippen LogP contribution >= 0.6 is 11.3 Å². The van der Waals surface area contributed by atoms with Crippen LogP contribution in [0.5, 0.6) is 0 Å². The van der Waals surface area contributed by atoms with Gasteiger partial charge in [0.1, 0.15) is 5.00 Å². The van der Waals surface area contributed by atoms with Gasteiger partial charge < -0.3 is 5.32 Å². The van der Waals surface area contributed by atoms with Crippen LogP contribution in [0.4, 0.5) is 31.3 Å². The molecule has 0 aliphatic carbocycles. The molecule has 0 atom stereocenters. The number of amides is 1. The summed E-state index contributed by atoms with van der Waals surface area (Å²) < 4.78 is 81.0. The van der Waals surface area contributed by atoms with Gasteiger partial charge in [-0.25, -0.2) is 4.98 Å². The number of halogens is 6. The minimum Gasteiger partial charge on any atom is -0.311 e. The molecule has 30 heavy (non-hydrogen) atoms. The molecule has 2 aromatic heterocycles. The Bertz CT molecular complexity index is 1080. The van der Waals surface area contributed by atoms with E-state index >= 15 is 0 Å². The molecule has 0 aliphatic rings. The molecule has 0 bridgehead atoms. The smallest absolute Gasteiger partial charge is 0.311 e. The molecule has 160 valence electrons. The molecule has 12 heteroatoms. The number of aryl methyl sites for hydroxylation is 2. The van der Waals surface area contributed by atoms with Crippen molar-refractivity contribution in [2.45, 2.75) is 25.7 Å². The summed E-state index contributed by atoms with van der Waals surface area (Å²) in [6.45, 7) is 1.53. The number of nitrogens with zero attached hydrogens (tertiary/aromatic N) is 3. The van der Waals surface area contributed by atoms with Crippen molar-refractivity contribution in [2.24, 2.45) is 7.05 Å². The van der Waals surface area contributed by atoms with Crippen LogP contribution in [0.2, 0.25) is 0 Å². The fourth-order valence-electron chi connectivity index (χ4n) is 2.83. The van der Waals surface area contributed by atoms with Gasteiger partial charge in [0.25, 0.3) is 5.91 Å². The van der Waals surface area contributed by atoms with Gasteiger partial charge in [-0.05, 0) is 24.6 Å². The number of hydrogen-bond donors (Lipinski definition) is 1. The van der Waals surface area contributed by atoms with Crippen molar-refractivity contribution in [3.8, 4) is 0 Å². The number of carbonyl (C=O) groups excluding carboxylic acids is 1. The van der Waals surface area contributed by atoms with E-state index in [0.29, 0.717) is 11.8 Å². The van der Waals surface area contributed by atoms with Crippen molar-refractivity contribution < 1.29 is 31.1 Å². The van der Waals surface area contributed by atoms with Gasteiger partial charge in [0.05, 0.1) is 21.8 Å². The van der Waals surface area contributed by atoms with Crippen LogP contribution in [0.1, 0.15) is 37.9 Å². The Labute approximate surface area is 170 Å². The number of alkyl halides is 6. The summed E-state index contributed by atoms with van der Waals surface area (Å²) in [5, 5.41) is 6.92. The van der Waals surface area contributed by atoms with Gasteiger partial charge >= 0.3 is 12.4 Å². The van der Waals surface area contributed by atoms with E-state index in [2.05, 4.69) is 15.4 Å². The van der Waals surface area contributed by atoms with E-state index in [4.69, 9.17) is 0 Å². The third-order valence-corrected chi connectivity index (χ3v) is 5.17. The fraction of sp³-hybridized carbons (Fsp3) is 0.278. The molecule has 3 aromatic rings. The van der Waals surface area contributed by atoms with Crippen LogP contribution < -0.4 is 5.32 Å². The minimum atomic E-state index is -5.19. The average molecular weight is 448 g/mol. The summed E-state index contributed by atoms with van der Waals surface area (Å²) in [5.74, 6) is -0.538. The van der Waals surface area contributed by atoms with Gasteiger partial charge in [0.2, 0.25) is 0 Å². The van der Waals surface area contributed by atoms with Crippen LogP contribution in [0.3, 0.4) is 0 Å². The van der Waals surface area contributed by atoms with E-state index in [1.54, 1.807) is 13.2 Å². The van der Waals surface area contributed by atoms with Gasteiger partial charge in [0.15, 0.2) is 5.69 Å². The van der Waals surface area contributed by atoms with Crippen LogP contribution in [0, 0.1) is 6.92 Å².